The number of imidazole rings is 1. The summed E-state index contributed by atoms with van der Waals surface area (Å²) in [6, 6.07) is 5.33. The second kappa shape index (κ2) is 3.96. The molecule has 0 amide bonds. The number of aromatic nitrogens is 2. The first-order valence-corrected chi connectivity index (χ1v) is 5.41. The van der Waals surface area contributed by atoms with Crippen LogP contribution in [0.5, 0.6) is 0 Å². The van der Waals surface area contributed by atoms with E-state index in [4.69, 9.17) is 0 Å². The van der Waals surface area contributed by atoms with Crippen LogP contribution >= 0.6 is 0 Å². The van der Waals surface area contributed by atoms with Crippen LogP contribution in [0.15, 0.2) is 23.0 Å². The predicted molar refractivity (Wildman–Crippen MR) is 62.9 cm³/mol. The van der Waals surface area contributed by atoms with Gasteiger partial charge in [0, 0.05) is 18.7 Å². The molecular formula is C12H14N2O2. The van der Waals surface area contributed by atoms with Crippen molar-refractivity contribution in [1.82, 2.24) is 9.13 Å². The number of fused-ring (bicyclic) bond motifs is 1. The third-order valence-corrected chi connectivity index (χ3v) is 2.81. The number of hydrogen-bond acceptors (Lipinski definition) is 2. The number of hydrogen-bond donors (Lipinski definition) is 0. The fourth-order valence-electron chi connectivity index (χ4n) is 2.02. The zero-order chi connectivity index (χ0) is 11.7. The Morgan fingerprint density at radius 3 is 2.31 bits per heavy atom. The van der Waals surface area contributed by atoms with Gasteiger partial charge < -0.3 is 0 Å². The molecule has 0 aliphatic heterocycles. The van der Waals surface area contributed by atoms with Gasteiger partial charge in [-0.15, -0.1) is 0 Å². The van der Waals surface area contributed by atoms with Crippen molar-refractivity contribution in [2.45, 2.75) is 26.9 Å². The van der Waals surface area contributed by atoms with Crippen molar-refractivity contribution < 1.29 is 4.79 Å². The van der Waals surface area contributed by atoms with E-state index in [2.05, 4.69) is 0 Å². The summed E-state index contributed by atoms with van der Waals surface area (Å²) in [6.45, 7) is 5.12. The lowest BCUT2D eigenvalue weighted by molar-refractivity contribution is 0.112. The highest BCUT2D eigenvalue weighted by molar-refractivity contribution is 5.85. The summed E-state index contributed by atoms with van der Waals surface area (Å²) in [5.41, 5.74) is 2.31. The van der Waals surface area contributed by atoms with Crippen LogP contribution in [0.1, 0.15) is 24.2 Å². The average molecular weight is 218 g/mol. The number of carbonyl (C=O) groups excluding carboxylic acids is 1. The van der Waals surface area contributed by atoms with Crippen molar-refractivity contribution in [2.75, 3.05) is 0 Å². The van der Waals surface area contributed by atoms with E-state index < -0.39 is 0 Å². The average Bonchev–Trinajstić information content (AvgIpc) is 2.59. The standard InChI is InChI=1S/C12H14N2O2/c1-3-13-10-6-5-9(8-15)7-11(10)14(4-2)12(13)16/h5-8H,3-4H2,1-2H3. The molecule has 0 atom stereocenters. The quantitative estimate of drug-likeness (QED) is 0.735. The van der Waals surface area contributed by atoms with Gasteiger partial charge in [0.2, 0.25) is 0 Å². The third kappa shape index (κ3) is 1.38. The number of aryl methyl sites for hydroxylation is 2. The summed E-state index contributed by atoms with van der Waals surface area (Å²) in [5, 5.41) is 0. The maximum Gasteiger partial charge on any atom is 0.329 e. The molecule has 16 heavy (non-hydrogen) atoms. The highest BCUT2D eigenvalue weighted by Gasteiger charge is 2.10. The molecular weight excluding hydrogens is 204 g/mol. The molecule has 4 heteroatoms. The van der Waals surface area contributed by atoms with Crippen LogP contribution in [-0.2, 0) is 13.1 Å². The molecule has 0 radical (unpaired) electrons. The molecule has 0 bridgehead atoms. The zero-order valence-corrected chi connectivity index (χ0v) is 9.43. The highest BCUT2D eigenvalue weighted by Crippen LogP contribution is 2.14. The Hall–Kier alpha value is -1.84. The predicted octanol–water partition coefficient (Wildman–Crippen LogP) is 1.66. The summed E-state index contributed by atoms with van der Waals surface area (Å²) < 4.78 is 3.40. The largest absolute Gasteiger partial charge is 0.329 e. The maximum absolute atomic E-state index is 12.0. The Morgan fingerprint density at radius 2 is 1.75 bits per heavy atom. The molecule has 1 aromatic carbocycles. The Bertz CT molecular complexity index is 593. The van der Waals surface area contributed by atoms with E-state index in [9.17, 15) is 9.59 Å². The number of benzene rings is 1. The Balaban J connectivity index is 2.89. The molecule has 1 heterocycles. The molecule has 2 rings (SSSR count). The lowest BCUT2D eigenvalue weighted by Crippen LogP contribution is -2.23. The van der Waals surface area contributed by atoms with Gasteiger partial charge in [-0.3, -0.25) is 13.9 Å². The fourth-order valence-corrected chi connectivity index (χ4v) is 2.02. The molecule has 2 aromatic rings. The monoisotopic (exact) mass is 218 g/mol. The first kappa shape index (κ1) is 10.7. The minimum absolute atomic E-state index is 0.0111. The third-order valence-electron chi connectivity index (χ3n) is 2.81. The van der Waals surface area contributed by atoms with Gasteiger partial charge >= 0.3 is 5.69 Å². The van der Waals surface area contributed by atoms with Gasteiger partial charge in [-0.2, -0.15) is 0 Å². The van der Waals surface area contributed by atoms with Crippen molar-refractivity contribution in [1.29, 1.82) is 0 Å². The van der Waals surface area contributed by atoms with Crippen LogP contribution in [0, 0.1) is 0 Å². The molecule has 0 aliphatic carbocycles. The topological polar surface area (TPSA) is 44.0 Å². The van der Waals surface area contributed by atoms with Crippen molar-refractivity contribution in [2.24, 2.45) is 0 Å². The first-order chi connectivity index (χ1) is 7.72. The molecule has 0 N–H and O–H groups in total. The SMILES string of the molecule is CCn1c(=O)n(CC)c2cc(C=O)ccc21. The van der Waals surface area contributed by atoms with Crippen molar-refractivity contribution in [3.8, 4) is 0 Å². The number of nitrogens with zero attached hydrogens (tertiary/aromatic N) is 2. The molecule has 4 nitrogen and oxygen atoms in total. The second-order valence-electron chi connectivity index (χ2n) is 3.64. The second-order valence-corrected chi connectivity index (χ2v) is 3.64. The van der Waals surface area contributed by atoms with Crippen LogP contribution in [0.4, 0.5) is 0 Å². The number of carbonyl (C=O) groups is 1. The molecule has 0 saturated carbocycles. The summed E-state index contributed by atoms with van der Waals surface area (Å²) in [7, 11) is 0. The smallest absolute Gasteiger partial charge is 0.298 e. The lowest BCUT2D eigenvalue weighted by Gasteiger charge is -1.98. The van der Waals surface area contributed by atoms with E-state index in [1.807, 2.05) is 19.9 Å². The number of aldehydes is 1. The minimum Gasteiger partial charge on any atom is -0.298 e. The van der Waals surface area contributed by atoms with Gasteiger partial charge in [0.25, 0.3) is 0 Å². The van der Waals surface area contributed by atoms with Crippen LogP contribution in [0.2, 0.25) is 0 Å². The van der Waals surface area contributed by atoms with Crippen LogP contribution in [-0.4, -0.2) is 15.4 Å². The van der Waals surface area contributed by atoms with E-state index >= 15 is 0 Å². The van der Waals surface area contributed by atoms with Crippen LogP contribution in [0.3, 0.4) is 0 Å². The van der Waals surface area contributed by atoms with Crippen molar-refractivity contribution in [3.05, 3.63) is 34.2 Å². The molecule has 0 aliphatic rings. The van der Waals surface area contributed by atoms with E-state index in [-0.39, 0.29) is 5.69 Å². The van der Waals surface area contributed by atoms with E-state index in [0.717, 1.165) is 17.3 Å². The molecule has 0 spiro atoms. The normalized spacial score (nSPS) is 10.9. The maximum atomic E-state index is 12.0. The molecule has 0 saturated heterocycles. The molecule has 1 aromatic heterocycles. The van der Waals surface area contributed by atoms with Crippen molar-refractivity contribution >= 4 is 17.3 Å². The zero-order valence-electron chi connectivity index (χ0n) is 9.43. The van der Waals surface area contributed by atoms with Crippen molar-refractivity contribution in [3.63, 3.8) is 0 Å². The number of rotatable bonds is 3. The van der Waals surface area contributed by atoms with Gasteiger partial charge in [0.15, 0.2) is 0 Å². The Kier molecular flexibility index (Phi) is 2.64. The van der Waals surface area contributed by atoms with Gasteiger partial charge in [-0.25, -0.2) is 4.79 Å². The first-order valence-electron chi connectivity index (χ1n) is 5.41. The van der Waals surface area contributed by atoms with E-state index in [0.29, 0.717) is 18.7 Å². The molecule has 0 unspecified atom stereocenters. The van der Waals surface area contributed by atoms with E-state index in [1.54, 1.807) is 21.3 Å². The summed E-state index contributed by atoms with van der Waals surface area (Å²) >= 11 is 0. The summed E-state index contributed by atoms with van der Waals surface area (Å²) in [5.74, 6) is 0. The summed E-state index contributed by atoms with van der Waals surface area (Å²) in [4.78, 5) is 22.7. The highest BCUT2D eigenvalue weighted by atomic mass is 16.1. The van der Waals surface area contributed by atoms with Crippen LogP contribution in [0.25, 0.3) is 11.0 Å². The minimum atomic E-state index is -0.0111. The van der Waals surface area contributed by atoms with Gasteiger partial charge in [-0.05, 0) is 32.0 Å². The lowest BCUT2D eigenvalue weighted by atomic mass is 10.2. The molecule has 84 valence electrons. The van der Waals surface area contributed by atoms with Gasteiger partial charge in [-0.1, -0.05) is 0 Å². The van der Waals surface area contributed by atoms with Crippen LogP contribution < -0.4 is 5.69 Å². The van der Waals surface area contributed by atoms with E-state index in [1.165, 1.54) is 0 Å². The Labute approximate surface area is 93.1 Å². The summed E-state index contributed by atoms with van der Waals surface area (Å²) in [6.07, 6.45) is 0.799. The Morgan fingerprint density at radius 1 is 1.12 bits per heavy atom. The fraction of sp³-hybridized carbons (Fsp3) is 0.333. The molecule has 0 fully saturated rings. The van der Waals surface area contributed by atoms with Gasteiger partial charge in [0.05, 0.1) is 11.0 Å². The van der Waals surface area contributed by atoms with Gasteiger partial charge in [0.1, 0.15) is 6.29 Å².